The van der Waals surface area contributed by atoms with Crippen LogP contribution in [0.1, 0.15) is 28.9 Å². The standard InChI is InChI=1S/C17H21N3O3/c1-12-10-16(20(2)19-12)18-17(21)13-5-7-14(8-6-13)23-11-15-4-3-9-22-15/h5-8,10,15H,3-4,9,11H2,1-2H3,(H,18,21)/t15-/m0/s1. The molecule has 1 amide bonds. The number of nitrogens with zero attached hydrogens (tertiary/aromatic N) is 2. The van der Waals surface area contributed by atoms with Gasteiger partial charge in [-0.05, 0) is 44.0 Å². The Bertz CT molecular complexity index is 673. The first kappa shape index (κ1) is 15.6. The van der Waals surface area contributed by atoms with Gasteiger partial charge in [0.15, 0.2) is 0 Å². The maximum atomic E-state index is 12.2. The summed E-state index contributed by atoms with van der Waals surface area (Å²) in [5.41, 5.74) is 1.44. The van der Waals surface area contributed by atoms with E-state index in [1.165, 1.54) is 0 Å². The predicted molar refractivity (Wildman–Crippen MR) is 86.8 cm³/mol. The highest BCUT2D eigenvalue weighted by Crippen LogP contribution is 2.17. The van der Waals surface area contributed by atoms with Crippen LogP contribution in [0.3, 0.4) is 0 Å². The molecule has 1 fully saturated rings. The summed E-state index contributed by atoms with van der Waals surface area (Å²) in [7, 11) is 1.80. The third kappa shape index (κ3) is 3.90. The zero-order chi connectivity index (χ0) is 16.2. The molecule has 1 aliphatic heterocycles. The fraction of sp³-hybridized carbons (Fsp3) is 0.412. The van der Waals surface area contributed by atoms with Gasteiger partial charge in [0, 0.05) is 25.3 Å². The summed E-state index contributed by atoms with van der Waals surface area (Å²) >= 11 is 0. The van der Waals surface area contributed by atoms with E-state index in [1.54, 1.807) is 36.0 Å². The molecule has 1 aromatic carbocycles. The van der Waals surface area contributed by atoms with E-state index in [0.717, 1.165) is 30.9 Å². The Hall–Kier alpha value is -2.34. The van der Waals surface area contributed by atoms with Gasteiger partial charge >= 0.3 is 0 Å². The van der Waals surface area contributed by atoms with Crippen molar-refractivity contribution in [3.63, 3.8) is 0 Å². The zero-order valence-corrected chi connectivity index (χ0v) is 13.4. The SMILES string of the molecule is Cc1cc(NC(=O)c2ccc(OC[C@@H]3CCCO3)cc2)n(C)n1. The number of carbonyl (C=O) groups excluding carboxylic acids is 1. The second-order valence-corrected chi connectivity index (χ2v) is 5.72. The average Bonchev–Trinajstić information content (AvgIpc) is 3.16. The monoisotopic (exact) mass is 315 g/mol. The molecule has 1 N–H and O–H groups in total. The lowest BCUT2D eigenvalue weighted by atomic mass is 10.2. The average molecular weight is 315 g/mol. The Morgan fingerprint density at radius 1 is 1.43 bits per heavy atom. The summed E-state index contributed by atoms with van der Waals surface area (Å²) in [6.45, 7) is 3.26. The molecule has 1 aromatic heterocycles. The van der Waals surface area contributed by atoms with Gasteiger partial charge in [0.1, 0.15) is 18.2 Å². The molecule has 2 heterocycles. The number of rotatable bonds is 5. The number of ether oxygens (including phenoxy) is 2. The van der Waals surface area contributed by atoms with E-state index in [1.807, 2.05) is 13.0 Å². The summed E-state index contributed by atoms with van der Waals surface area (Å²) in [4.78, 5) is 12.2. The highest BCUT2D eigenvalue weighted by Gasteiger charge is 2.16. The Morgan fingerprint density at radius 2 is 2.22 bits per heavy atom. The minimum Gasteiger partial charge on any atom is -0.491 e. The van der Waals surface area contributed by atoms with Crippen LogP contribution in [-0.2, 0) is 11.8 Å². The van der Waals surface area contributed by atoms with E-state index >= 15 is 0 Å². The van der Waals surface area contributed by atoms with Gasteiger partial charge in [-0.2, -0.15) is 5.10 Å². The molecular weight excluding hydrogens is 294 g/mol. The van der Waals surface area contributed by atoms with Crippen LogP contribution in [0.2, 0.25) is 0 Å². The molecule has 0 aliphatic carbocycles. The Labute approximate surface area is 135 Å². The quantitative estimate of drug-likeness (QED) is 0.921. The molecule has 0 radical (unpaired) electrons. The fourth-order valence-corrected chi connectivity index (χ4v) is 2.58. The van der Waals surface area contributed by atoms with Crippen LogP contribution in [0.25, 0.3) is 0 Å². The molecule has 0 spiro atoms. The Morgan fingerprint density at radius 3 is 2.83 bits per heavy atom. The minimum atomic E-state index is -0.168. The number of benzene rings is 1. The maximum absolute atomic E-state index is 12.2. The fourth-order valence-electron chi connectivity index (χ4n) is 2.58. The molecule has 0 saturated carbocycles. The number of aromatic nitrogens is 2. The normalized spacial score (nSPS) is 17.2. The highest BCUT2D eigenvalue weighted by atomic mass is 16.5. The van der Waals surface area contributed by atoms with E-state index in [9.17, 15) is 4.79 Å². The number of amides is 1. The van der Waals surface area contributed by atoms with E-state index in [2.05, 4.69) is 10.4 Å². The molecule has 23 heavy (non-hydrogen) atoms. The summed E-state index contributed by atoms with van der Waals surface area (Å²) in [5, 5.41) is 7.05. The summed E-state index contributed by atoms with van der Waals surface area (Å²) in [5.74, 6) is 1.25. The Balaban J connectivity index is 1.57. The van der Waals surface area contributed by atoms with Gasteiger partial charge in [-0.1, -0.05) is 0 Å². The molecule has 1 saturated heterocycles. The van der Waals surface area contributed by atoms with E-state index < -0.39 is 0 Å². The molecule has 0 bridgehead atoms. The summed E-state index contributed by atoms with van der Waals surface area (Å²) in [6, 6.07) is 8.94. The predicted octanol–water partition coefficient (Wildman–Crippen LogP) is 2.54. The van der Waals surface area contributed by atoms with E-state index in [-0.39, 0.29) is 12.0 Å². The van der Waals surface area contributed by atoms with Gasteiger partial charge in [-0.3, -0.25) is 9.48 Å². The van der Waals surface area contributed by atoms with Crippen molar-refractivity contribution >= 4 is 11.7 Å². The van der Waals surface area contributed by atoms with Crippen LogP contribution in [0.4, 0.5) is 5.82 Å². The van der Waals surface area contributed by atoms with Crippen molar-refractivity contribution in [2.75, 3.05) is 18.5 Å². The minimum absolute atomic E-state index is 0.168. The number of hydrogen-bond donors (Lipinski definition) is 1. The van der Waals surface area contributed by atoms with Crippen LogP contribution in [0.5, 0.6) is 5.75 Å². The third-order valence-corrected chi connectivity index (χ3v) is 3.82. The lowest BCUT2D eigenvalue weighted by Crippen LogP contribution is -2.16. The molecule has 1 aliphatic rings. The summed E-state index contributed by atoms with van der Waals surface area (Å²) in [6.07, 6.45) is 2.33. The van der Waals surface area contributed by atoms with E-state index in [0.29, 0.717) is 18.0 Å². The molecule has 2 aromatic rings. The first-order chi connectivity index (χ1) is 11.1. The Kier molecular flexibility index (Phi) is 4.62. The first-order valence-corrected chi connectivity index (χ1v) is 7.78. The van der Waals surface area contributed by atoms with Gasteiger partial charge < -0.3 is 14.8 Å². The topological polar surface area (TPSA) is 65.4 Å². The number of hydrogen-bond acceptors (Lipinski definition) is 4. The largest absolute Gasteiger partial charge is 0.491 e. The van der Waals surface area contributed by atoms with Gasteiger partial charge in [0.05, 0.1) is 11.8 Å². The van der Waals surface area contributed by atoms with Crippen molar-refractivity contribution in [1.29, 1.82) is 0 Å². The van der Waals surface area contributed by atoms with Crippen molar-refractivity contribution in [2.45, 2.75) is 25.9 Å². The zero-order valence-electron chi connectivity index (χ0n) is 13.4. The van der Waals surface area contributed by atoms with Crippen molar-refractivity contribution in [3.8, 4) is 5.75 Å². The van der Waals surface area contributed by atoms with Crippen LogP contribution in [-0.4, -0.2) is 35.0 Å². The molecule has 6 nitrogen and oxygen atoms in total. The van der Waals surface area contributed by atoms with Crippen LogP contribution in [0.15, 0.2) is 30.3 Å². The highest BCUT2D eigenvalue weighted by molar-refractivity contribution is 6.03. The van der Waals surface area contributed by atoms with Crippen molar-refractivity contribution in [3.05, 3.63) is 41.6 Å². The number of anilines is 1. The lowest BCUT2D eigenvalue weighted by molar-refractivity contribution is 0.0679. The van der Waals surface area contributed by atoms with Crippen molar-refractivity contribution in [1.82, 2.24) is 9.78 Å². The molecule has 1 atom stereocenters. The first-order valence-electron chi connectivity index (χ1n) is 7.78. The van der Waals surface area contributed by atoms with Crippen LogP contribution < -0.4 is 10.1 Å². The molecule has 0 unspecified atom stereocenters. The van der Waals surface area contributed by atoms with Gasteiger partial charge in [-0.25, -0.2) is 0 Å². The van der Waals surface area contributed by atoms with Gasteiger partial charge in [0.2, 0.25) is 0 Å². The van der Waals surface area contributed by atoms with E-state index in [4.69, 9.17) is 9.47 Å². The van der Waals surface area contributed by atoms with Crippen LogP contribution in [0, 0.1) is 6.92 Å². The van der Waals surface area contributed by atoms with Gasteiger partial charge in [-0.15, -0.1) is 0 Å². The molecule has 3 rings (SSSR count). The number of nitrogens with one attached hydrogen (secondary N) is 1. The van der Waals surface area contributed by atoms with Crippen molar-refractivity contribution in [2.24, 2.45) is 7.05 Å². The molecular formula is C17H21N3O3. The number of carbonyl (C=O) groups is 1. The molecule has 122 valence electrons. The van der Waals surface area contributed by atoms with Crippen molar-refractivity contribution < 1.29 is 14.3 Å². The van der Waals surface area contributed by atoms with Crippen LogP contribution >= 0.6 is 0 Å². The second-order valence-electron chi connectivity index (χ2n) is 5.72. The van der Waals surface area contributed by atoms with Gasteiger partial charge in [0.25, 0.3) is 5.91 Å². The summed E-state index contributed by atoms with van der Waals surface area (Å²) < 4.78 is 12.9. The smallest absolute Gasteiger partial charge is 0.256 e. The third-order valence-electron chi connectivity index (χ3n) is 3.82. The molecule has 6 heteroatoms. The lowest BCUT2D eigenvalue weighted by Gasteiger charge is -2.11. The second kappa shape index (κ2) is 6.83. The number of aryl methyl sites for hydroxylation is 2. The maximum Gasteiger partial charge on any atom is 0.256 e.